The summed E-state index contributed by atoms with van der Waals surface area (Å²) in [5, 5.41) is 2.19. The van der Waals surface area contributed by atoms with Gasteiger partial charge in [-0.25, -0.2) is 0 Å². The van der Waals surface area contributed by atoms with Gasteiger partial charge >= 0.3 is 0 Å². The van der Waals surface area contributed by atoms with Crippen LogP contribution in [0.25, 0.3) is 0 Å². The normalized spacial score (nSPS) is 12.7. The van der Waals surface area contributed by atoms with Gasteiger partial charge in [0.05, 0.1) is 3.79 Å². The van der Waals surface area contributed by atoms with E-state index in [1.54, 1.807) is 11.3 Å². The van der Waals surface area contributed by atoms with E-state index in [0.29, 0.717) is 4.83 Å². The zero-order valence-corrected chi connectivity index (χ0v) is 12.9. The van der Waals surface area contributed by atoms with Crippen LogP contribution < -0.4 is 0 Å². The molecule has 0 saturated carbocycles. The Morgan fingerprint density at radius 3 is 2.50 bits per heavy atom. The molecular formula is C13H12Br2S. The minimum atomic E-state index is 0.401. The third-order valence-corrected chi connectivity index (χ3v) is 4.86. The lowest BCUT2D eigenvalue weighted by Crippen LogP contribution is -1.93. The summed E-state index contributed by atoms with van der Waals surface area (Å²) >= 11 is 8.97. The molecule has 0 N–H and O–H groups in total. The lowest BCUT2D eigenvalue weighted by Gasteiger charge is -2.08. The third kappa shape index (κ3) is 3.19. The molecule has 84 valence electrons. The van der Waals surface area contributed by atoms with E-state index in [-0.39, 0.29) is 0 Å². The van der Waals surface area contributed by atoms with Crippen molar-refractivity contribution in [3.8, 4) is 0 Å². The summed E-state index contributed by atoms with van der Waals surface area (Å²) in [6, 6.07) is 10.9. The summed E-state index contributed by atoms with van der Waals surface area (Å²) < 4.78 is 1.19. The smallest absolute Gasteiger partial charge is 0.0701 e. The fourth-order valence-corrected chi connectivity index (χ4v) is 3.58. The van der Waals surface area contributed by atoms with E-state index in [0.717, 1.165) is 6.42 Å². The quantitative estimate of drug-likeness (QED) is 0.635. The van der Waals surface area contributed by atoms with Gasteiger partial charge in [0.2, 0.25) is 0 Å². The molecule has 0 spiro atoms. The molecule has 0 radical (unpaired) electrons. The van der Waals surface area contributed by atoms with Gasteiger partial charge in [-0.2, -0.15) is 0 Å². The summed E-state index contributed by atoms with van der Waals surface area (Å²) in [5.41, 5.74) is 4.03. The first-order valence-electron chi connectivity index (χ1n) is 5.08. The summed E-state index contributed by atoms with van der Waals surface area (Å²) in [5.74, 6) is 0. The van der Waals surface area contributed by atoms with E-state index in [4.69, 9.17) is 0 Å². The second-order valence-electron chi connectivity index (χ2n) is 3.84. The van der Waals surface area contributed by atoms with Gasteiger partial charge in [0.25, 0.3) is 0 Å². The maximum Gasteiger partial charge on any atom is 0.0701 e. The van der Waals surface area contributed by atoms with Gasteiger partial charge in [0.15, 0.2) is 0 Å². The van der Waals surface area contributed by atoms with Crippen LogP contribution in [0.15, 0.2) is 39.5 Å². The monoisotopic (exact) mass is 358 g/mol. The molecule has 1 heterocycles. The first kappa shape index (κ1) is 12.3. The van der Waals surface area contributed by atoms with Crippen molar-refractivity contribution < 1.29 is 0 Å². The zero-order chi connectivity index (χ0) is 11.5. The van der Waals surface area contributed by atoms with Crippen LogP contribution >= 0.6 is 43.2 Å². The standard InChI is InChI=1S/C13H12Br2S/c1-9-2-4-10(5-3-9)6-12(14)11-7-13(15)16-8-11/h2-5,7-8,12H,6H2,1H3. The molecule has 0 bridgehead atoms. The molecule has 1 unspecified atom stereocenters. The Morgan fingerprint density at radius 2 is 1.94 bits per heavy atom. The molecule has 0 aliphatic rings. The number of alkyl halides is 1. The van der Waals surface area contributed by atoms with E-state index >= 15 is 0 Å². The van der Waals surface area contributed by atoms with Crippen LogP contribution in [0, 0.1) is 6.92 Å². The molecule has 1 aromatic heterocycles. The summed E-state index contributed by atoms with van der Waals surface area (Å²) in [6.45, 7) is 2.12. The number of halogens is 2. The number of thiophene rings is 1. The predicted molar refractivity (Wildman–Crippen MR) is 78.6 cm³/mol. The molecule has 0 aliphatic carbocycles. The Morgan fingerprint density at radius 1 is 1.25 bits per heavy atom. The van der Waals surface area contributed by atoms with Crippen molar-refractivity contribution in [1.29, 1.82) is 0 Å². The zero-order valence-electron chi connectivity index (χ0n) is 8.91. The fourth-order valence-electron chi connectivity index (χ4n) is 1.54. The topological polar surface area (TPSA) is 0 Å². The Hall–Kier alpha value is -0.120. The van der Waals surface area contributed by atoms with E-state index in [2.05, 4.69) is 74.5 Å². The highest BCUT2D eigenvalue weighted by Gasteiger charge is 2.10. The van der Waals surface area contributed by atoms with Crippen molar-refractivity contribution >= 4 is 43.2 Å². The van der Waals surface area contributed by atoms with E-state index < -0.39 is 0 Å². The first-order valence-corrected chi connectivity index (χ1v) is 7.67. The van der Waals surface area contributed by atoms with Crippen LogP contribution in [0.5, 0.6) is 0 Å². The van der Waals surface area contributed by atoms with Crippen LogP contribution in [0.1, 0.15) is 21.5 Å². The summed E-state index contributed by atoms with van der Waals surface area (Å²) in [7, 11) is 0. The summed E-state index contributed by atoms with van der Waals surface area (Å²) in [6.07, 6.45) is 1.03. The molecule has 0 fully saturated rings. The predicted octanol–water partition coefficient (Wildman–Crippen LogP) is 5.50. The lowest BCUT2D eigenvalue weighted by molar-refractivity contribution is 0.953. The Labute approximate surface area is 117 Å². The minimum Gasteiger partial charge on any atom is -0.137 e. The molecule has 2 rings (SSSR count). The van der Waals surface area contributed by atoms with Gasteiger partial charge in [0, 0.05) is 4.83 Å². The highest BCUT2D eigenvalue weighted by Crippen LogP contribution is 2.32. The number of aryl methyl sites for hydroxylation is 1. The molecule has 0 saturated heterocycles. The van der Waals surface area contributed by atoms with Gasteiger partial charge in [-0.05, 0) is 51.8 Å². The molecule has 3 heteroatoms. The van der Waals surface area contributed by atoms with Crippen molar-refractivity contribution in [1.82, 2.24) is 0 Å². The van der Waals surface area contributed by atoms with E-state index in [1.807, 2.05) is 0 Å². The van der Waals surface area contributed by atoms with Gasteiger partial charge in [-0.1, -0.05) is 45.8 Å². The number of rotatable bonds is 3. The van der Waals surface area contributed by atoms with Crippen molar-refractivity contribution in [2.24, 2.45) is 0 Å². The largest absolute Gasteiger partial charge is 0.137 e. The average Bonchev–Trinajstić information content (AvgIpc) is 2.68. The third-order valence-electron chi connectivity index (χ3n) is 2.48. The Bertz CT molecular complexity index is 459. The van der Waals surface area contributed by atoms with E-state index in [1.165, 1.54) is 20.5 Å². The highest BCUT2D eigenvalue weighted by atomic mass is 79.9. The van der Waals surface area contributed by atoms with Crippen molar-refractivity contribution in [3.05, 3.63) is 56.2 Å². The Balaban J connectivity index is 2.07. The van der Waals surface area contributed by atoms with Crippen LogP contribution in [-0.4, -0.2) is 0 Å². The minimum absolute atomic E-state index is 0.401. The lowest BCUT2D eigenvalue weighted by atomic mass is 10.1. The first-order chi connectivity index (χ1) is 7.65. The second-order valence-corrected chi connectivity index (χ2v) is 7.24. The fraction of sp³-hybridized carbons (Fsp3) is 0.231. The number of hydrogen-bond acceptors (Lipinski definition) is 1. The van der Waals surface area contributed by atoms with Gasteiger partial charge < -0.3 is 0 Å². The van der Waals surface area contributed by atoms with Gasteiger partial charge in [0.1, 0.15) is 0 Å². The number of hydrogen-bond donors (Lipinski definition) is 0. The van der Waals surface area contributed by atoms with Gasteiger partial charge in [-0.15, -0.1) is 11.3 Å². The van der Waals surface area contributed by atoms with Crippen molar-refractivity contribution in [3.63, 3.8) is 0 Å². The van der Waals surface area contributed by atoms with Crippen LogP contribution in [0.3, 0.4) is 0 Å². The molecule has 2 aromatic rings. The van der Waals surface area contributed by atoms with Crippen LogP contribution in [0.2, 0.25) is 0 Å². The van der Waals surface area contributed by atoms with Crippen LogP contribution in [-0.2, 0) is 6.42 Å². The molecule has 0 amide bonds. The average molecular weight is 360 g/mol. The number of benzene rings is 1. The highest BCUT2D eigenvalue weighted by molar-refractivity contribution is 9.11. The second kappa shape index (κ2) is 5.48. The summed E-state index contributed by atoms with van der Waals surface area (Å²) in [4.78, 5) is 0.401. The maximum atomic E-state index is 3.74. The molecule has 1 atom stereocenters. The van der Waals surface area contributed by atoms with Crippen molar-refractivity contribution in [2.75, 3.05) is 0 Å². The van der Waals surface area contributed by atoms with Crippen LogP contribution in [0.4, 0.5) is 0 Å². The SMILES string of the molecule is Cc1ccc(CC(Br)c2csc(Br)c2)cc1. The maximum absolute atomic E-state index is 3.74. The van der Waals surface area contributed by atoms with Gasteiger partial charge in [-0.3, -0.25) is 0 Å². The molecule has 16 heavy (non-hydrogen) atoms. The Kier molecular flexibility index (Phi) is 4.22. The van der Waals surface area contributed by atoms with E-state index in [9.17, 15) is 0 Å². The molecule has 0 aliphatic heterocycles. The molecular weight excluding hydrogens is 348 g/mol. The molecule has 1 aromatic carbocycles. The molecule has 0 nitrogen and oxygen atoms in total. The van der Waals surface area contributed by atoms with Crippen molar-refractivity contribution in [2.45, 2.75) is 18.2 Å².